The molecule has 4 rings (SSSR count). The van der Waals surface area contributed by atoms with Crippen LogP contribution in [0.4, 0.5) is 0 Å². The molecule has 3 aliphatic heterocycles. The maximum Gasteiger partial charge on any atom is 0.266 e. The van der Waals surface area contributed by atoms with E-state index < -0.39 is 0 Å². The molecule has 0 atom stereocenters. The molecule has 3 aliphatic rings. The molecule has 0 aromatic heterocycles. The predicted octanol–water partition coefficient (Wildman–Crippen LogP) is 0.714. The third-order valence-electron chi connectivity index (χ3n) is 5.70. The van der Waals surface area contributed by atoms with Gasteiger partial charge in [-0.15, -0.1) is 0 Å². The van der Waals surface area contributed by atoms with Crippen LogP contribution in [0.25, 0.3) is 0 Å². The van der Waals surface area contributed by atoms with Crippen molar-refractivity contribution in [1.82, 2.24) is 19.6 Å². The summed E-state index contributed by atoms with van der Waals surface area (Å²) in [4.78, 5) is 21.1. The Morgan fingerprint density at radius 1 is 1.07 bits per heavy atom. The van der Waals surface area contributed by atoms with E-state index in [-0.39, 0.29) is 18.3 Å². The Morgan fingerprint density at radius 3 is 2.52 bits per heavy atom. The summed E-state index contributed by atoms with van der Waals surface area (Å²) >= 11 is 0. The molecule has 0 unspecified atom stereocenters. The van der Waals surface area contributed by atoms with Crippen molar-refractivity contribution in [2.75, 3.05) is 66.2 Å². The second-order valence-electron chi connectivity index (χ2n) is 7.75. The lowest BCUT2D eigenvalue weighted by Gasteiger charge is -2.35. The number of piperazine rings is 2. The molecule has 0 bridgehead atoms. The lowest BCUT2D eigenvalue weighted by atomic mass is 10.1. The monoisotopic (exact) mass is 397 g/mol. The van der Waals surface area contributed by atoms with Crippen LogP contribution in [0.5, 0.6) is 11.5 Å². The van der Waals surface area contributed by atoms with Crippen molar-refractivity contribution in [3.8, 4) is 17.6 Å². The zero-order valence-corrected chi connectivity index (χ0v) is 16.8. The number of carbonyl (C=O) groups is 1. The summed E-state index contributed by atoms with van der Waals surface area (Å²) < 4.78 is 10.8. The molecule has 0 spiro atoms. The Balaban J connectivity index is 1.30. The Bertz CT molecular complexity index is 818. The number of nitrogens with zero attached hydrogens (tertiary/aromatic N) is 5. The number of ether oxygens (including phenoxy) is 2. The van der Waals surface area contributed by atoms with E-state index in [0.29, 0.717) is 13.1 Å². The van der Waals surface area contributed by atoms with E-state index in [0.717, 1.165) is 57.3 Å². The molecule has 0 aliphatic carbocycles. The van der Waals surface area contributed by atoms with Gasteiger partial charge in [-0.1, -0.05) is 6.07 Å². The summed E-state index contributed by atoms with van der Waals surface area (Å²) in [6, 6.07) is 8.18. The molecule has 1 amide bonds. The third kappa shape index (κ3) is 4.63. The average Bonchev–Trinajstić information content (AvgIpc) is 3.21. The molecule has 1 aromatic carbocycles. The molecule has 0 radical (unpaired) electrons. The SMILES string of the molecule is CN1CCN(C(=O)/C(C#N)=C\N2CCN(Cc3ccc4c(c3)OCO4)CC2)CC1. The minimum atomic E-state index is -0.150. The lowest BCUT2D eigenvalue weighted by Crippen LogP contribution is -2.48. The van der Waals surface area contributed by atoms with Crippen LogP contribution < -0.4 is 9.47 Å². The van der Waals surface area contributed by atoms with Crippen molar-refractivity contribution in [1.29, 1.82) is 5.26 Å². The first-order valence-corrected chi connectivity index (χ1v) is 10.1. The van der Waals surface area contributed by atoms with Crippen molar-refractivity contribution in [3.63, 3.8) is 0 Å². The molecule has 0 N–H and O–H groups in total. The van der Waals surface area contributed by atoms with Gasteiger partial charge in [-0.05, 0) is 24.7 Å². The molecule has 2 saturated heterocycles. The highest BCUT2D eigenvalue weighted by molar-refractivity contribution is 5.97. The molecule has 8 nitrogen and oxygen atoms in total. The summed E-state index contributed by atoms with van der Waals surface area (Å²) in [6.45, 7) is 7.55. The second-order valence-corrected chi connectivity index (χ2v) is 7.75. The fourth-order valence-electron chi connectivity index (χ4n) is 3.84. The molecular formula is C21H27N5O3. The van der Waals surface area contributed by atoms with E-state index in [1.54, 1.807) is 11.1 Å². The highest BCUT2D eigenvalue weighted by atomic mass is 16.7. The van der Waals surface area contributed by atoms with Gasteiger partial charge in [-0.3, -0.25) is 9.69 Å². The Hall–Kier alpha value is -2.76. The van der Waals surface area contributed by atoms with Crippen molar-refractivity contribution >= 4 is 5.91 Å². The van der Waals surface area contributed by atoms with Crippen LogP contribution in [0, 0.1) is 11.3 Å². The van der Waals surface area contributed by atoms with E-state index in [9.17, 15) is 10.1 Å². The van der Waals surface area contributed by atoms with Gasteiger partial charge in [0.25, 0.3) is 5.91 Å². The quantitative estimate of drug-likeness (QED) is 0.547. The summed E-state index contributed by atoms with van der Waals surface area (Å²) in [6.07, 6.45) is 1.75. The van der Waals surface area contributed by atoms with Crippen LogP contribution >= 0.6 is 0 Å². The van der Waals surface area contributed by atoms with Crippen LogP contribution in [-0.4, -0.2) is 91.7 Å². The van der Waals surface area contributed by atoms with Gasteiger partial charge >= 0.3 is 0 Å². The number of hydrogen-bond acceptors (Lipinski definition) is 7. The van der Waals surface area contributed by atoms with Crippen LogP contribution in [-0.2, 0) is 11.3 Å². The Labute approximate surface area is 171 Å². The Kier molecular flexibility index (Phi) is 5.88. The number of likely N-dealkylation sites (N-methyl/N-ethyl adjacent to an activating group) is 1. The summed E-state index contributed by atoms with van der Waals surface area (Å²) in [7, 11) is 2.05. The molecule has 3 heterocycles. The molecule has 8 heteroatoms. The lowest BCUT2D eigenvalue weighted by molar-refractivity contribution is -0.128. The minimum Gasteiger partial charge on any atom is -0.454 e. The first-order valence-electron chi connectivity index (χ1n) is 10.1. The maximum atomic E-state index is 12.7. The van der Waals surface area contributed by atoms with Crippen LogP contribution in [0.1, 0.15) is 5.56 Å². The summed E-state index contributed by atoms with van der Waals surface area (Å²) in [5.41, 5.74) is 1.43. The van der Waals surface area contributed by atoms with Crippen molar-refractivity contribution in [3.05, 3.63) is 35.5 Å². The first-order chi connectivity index (χ1) is 14.1. The number of nitriles is 1. The normalized spacial score (nSPS) is 20.6. The smallest absolute Gasteiger partial charge is 0.266 e. The minimum absolute atomic E-state index is 0.150. The molecule has 2 fully saturated rings. The maximum absolute atomic E-state index is 12.7. The zero-order valence-electron chi connectivity index (χ0n) is 16.8. The number of rotatable bonds is 4. The van der Waals surface area contributed by atoms with Gasteiger partial charge in [0.1, 0.15) is 11.6 Å². The zero-order chi connectivity index (χ0) is 20.2. The molecule has 29 heavy (non-hydrogen) atoms. The van der Waals surface area contributed by atoms with Crippen LogP contribution in [0.2, 0.25) is 0 Å². The number of fused-ring (bicyclic) bond motifs is 1. The highest BCUT2D eigenvalue weighted by Gasteiger charge is 2.24. The van der Waals surface area contributed by atoms with Gasteiger partial charge in [0.2, 0.25) is 6.79 Å². The van der Waals surface area contributed by atoms with Gasteiger partial charge in [-0.25, -0.2) is 0 Å². The highest BCUT2D eigenvalue weighted by Crippen LogP contribution is 2.32. The predicted molar refractivity (Wildman–Crippen MR) is 107 cm³/mol. The Morgan fingerprint density at radius 2 is 1.79 bits per heavy atom. The van der Waals surface area contributed by atoms with E-state index in [2.05, 4.69) is 26.8 Å². The molecular weight excluding hydrogens is 370 g/mol. The number of carbonyl (C=O) groups excluding carboxylic acids is 1. The fraction of sp³-hybridized carbons (Fsp3) is 0.524. The number of amides is 1. The standard InChI is InChI=1S/C21H27N5O3/c1-23-4-10-26(11-5-23)21(27)18(13-22)15-25-8-6-24(7-9-25)14-17-2-3-19-20(12-17)29-16-28-19/h2-3,12,15H,4-11,14,16H2,1H3/b18-15-. The molecule has 1 aromatic rings. The molecule has 0 saturated carbocycles. The summed E-state index contributed by atoms with van der Waals surface area (Å²) in [5.74, 6) is 1.46. The fourth-order valence-corrected chi connectivity index (χ4v) is 3.84. The van der Waals surface area contributed by atoms with E-state index in [4.69, 9.17) is 9.47 Å². The van der Waals surface area contributed by atoms with Crippen LogP contribution in [0.3, 0.4) is 0 Å². The van der Waals surface area contributed by atoms with Gasteiger partial charge in [0, 0.05) is 65.1 Å². The van der Waals surface area contributed by atoms with Gasteiger partial charge in [-0.2, -0.15) is 5.26 Å². The average molecular weight is 397 g/mol. The van der Waals surface area contributed by atoms with Crippen molar-refractivity contribution in [2.24, 2.45) is 0 Å². The van der Waals surface area contributed by atoms with Gasteiger partial charge in [0.05, 0.1) is 0 Å². The van der Waals surface area contributed by atoms with Crippen LogP contribution in [0.15, 0.2) is 30.0 Å². The van der Waals surface area contributed by atoms with Gasteiger partial charge in [0.15, 0.2) is 11.5 Å². The van der Waals surface area contributed by atoms with Gasteiger partial charge < -0.3 is 24.2 Å². The topological polar surface area (TPSA) is 72.3 Å². The van der Waals surface area contributed by atoms with E-state index >= 15 is 0 Å². The van der Waals surface area contributed by atoms with Crippen molar-refractivity contribution in [2.45, 2.75) is 6.54 Å². The number of benzene rings is 1. The van der Waals surface area contributed by atoms with Crippen molar-refractivity contribution < 1.29 is 14.3 Å². The molecule has 154 valence electrons. The largest absolute Gasteiger partial charge is 0.454 e. The first kappa shape index (κ1) is 19.6. The third-order valence-corrected chi connectivity index (χ3v) is 5.70. The number of hydrogen-bond donors (Lipinski definition) is 0. The van der Waals surface area contributed by atoms with E-state index in [1.807, 2.05) is 19.2 Å². The summed E-state index contributed by atoms with van der Waals surface area (Å²) in [5, 5.41) is 9.50. The van der Waals surface area contributed by atoms with E-state index in [1.165, 1.54) is 5.56 Å². The second kappa shape index (κ2) is 8.72.